The molecule has 0 amide bonds. The van der Waals surface area contributed by atoms with Crippen LogP contribution in [0.15, 0.2) is 48.5 Å². The van der Waals surface area contributed by atoms with Crippen LogP contribution in [0.4, 0.5) is 11.4 Å². The van der Waals surface area contributed by atoms with Gasteiger partial charge in [-0.05, 0) is 75.2 Å². The number of ether oxygens (including phenoxy) is 1. The zero-order valence-corrected chi connectivity index (χ0v) is 21.8. The van der Waals surface area contributed by atoms with Gasteiger partial charge in [0.1, 0.15) is 5.01 Å². The number of aliphatic carboxylic acids is 1. The summed E-state index contributed by atoms with van der Waals surface area (Å²) in [4.78, 5) is 17.3. The number of thiazole rings is 1. The van der Waals surface area contributed by atoms with Gasteiger partial charge in [-0.2, -0.15) is 0 Å². The fourth-order valence-electron chi connectivity index (χ4n) is 4.09. The number of nitrogens with one attached hydrogen (secondary N) is 1. The number of anilines is 2. The third-order valence-corrected chi connectivity index (χ3v) is 6.98. The van der Waals surface area contributed by atoms with Crippen molar-refractivity contribution in [2.75, 3.05) is 18.1 Å². The number of fused-ring (bicyclic) bond motifs is 1. The molecule has 1 unspecified atom stereocenters. The van der Waals surface area contributed by atoms with Crippen LogP contribution in [0.25, 0.3) is 31.9 Å². The number of carboxylic acid groups (broad SMARTS) is 1. The van der Waals surface area contributed by atoms with Gasteiger partial charge in [0.15, 0.2) is 6.10 Å². The topological polar surface area (TPSA) is 97.5 Å². The van der Waals surface area contributed by atoms with Crippen LogP contribution in [-0.4, -0.2) is 28.7 Å². The Hall–Kier alpha value is -3.13. The molecule has 0 fully saturated rings. The van der Waals surface area contributed by atoms with Crippen molar-refractivity contribution in [1.82, 2.24) is 4.98 Å². The Balaban J connectivity index is 2.01. The van der Waals surface area contributed by atoms with Crippen molar-refractivity contribution in [3.8, 4) is 21.7 Å². The number of carboxylic acids is 1. The van der Waals surface area contributed by atoms with E-state index in [-0.39, 0.29) is 0 Å². The lowest BCUT2D eigenvalue weighted by Gasteiger charge is -2.28. The van der Waals surface area contributed by atoms with Gasteiger partial charge in [0.2, 0.25) is 0 Å². The van der Waals surface area contributed by atoms with Gasteiger partial charge in [0.25, 0.3) is 0 Å². The summed E-state index contributed by atoms with van der Waals surface area (Å²) in [5.41, 5.74) is 11.7. The highest BCUT2D eigenvalue weighted by molar-refractivity contribution is 7.22. The third-order valence-electron chi connectivity index (χ3n) is 5.59. The number of carbonyl (C=O) groups is 1. The summed E-state index contributed by atoms with van der Waals surface area (Å²) in [5, 5.41) is 14.7. The lowest BCUT2D eigenvalue weighted by molar-refractivity contribution is -0.160. The van der Waals surface area contributed by atoms with Crippen molar-refractivity contribution in [1.29, 1.82) is 0 Å². The first-order valence-corrected chi connectivity index (χ1v) is 12.4. The Kier molecular flexibility index (Phi) is 6.77. The summed E-state index contributed by atoms with van der Waals surface area (Å²) in [7, 11) is 1.82. The highest BCUT2D eigenvalue weighted by Gasteiger charge is 2.32. The number of aromatic nitrogens is 1. The van der Waals surface area contributed by atoms with Crippen molar-refractivity contribution < 1.29 is 14.6 Å². The highest BCUT2D eigenvalue weighted by Crippen LogP contribution is 2.44. The first kappa shape index (κ1) is 25.0. The molecule has 0 saturated heterocycles. The van der Waals surface area contributed by atoms with Crippen molar-refractivity contribution in [3.05, 3.63) is 64.7 Å². The van der Waals surface area contributed by atoms with Crippen LogP contribution in [0.2, 0.25) is 5.02 Å². The Labute approximate surface area is 213 Å². The predicted molar refractivity (Wildman–Crippen MR) is 145 cm³/mol. The second-order valence-electron chi connectivity index (χ2n) is 9.36. The Morgan fingerprint density at radius 3 is 2.37 bits per heavy atom. The molecule has 0 aliphatic carbocycles. The first-order valence-electron chi connectivity index (χ1n) is 11.2. The normalized spacial score (nSPS) is 12.6. The average molecular weight is 510 g/mol. The third kappa shape index (κ3) is 5.12. The molecule has 8 heteroatoms. The molecule has 6 nitrogen and oxygen atoms in total. The standard InChI is InChI=1S/C27H28ClN3O3S/c1-14-12-20-24(35-25(31-20)16-8-11-19(30-5)18(29)13-16)22(15-6-9-17(28)10-7-15)21(14)23(26(32)33)34-27(2,3)4/h6-13,23,30H,29H2,1-5H3,(H,32,33). The highest BCUT2D eigenvalue weighted by atomic mass is 35.5. The monoisotopic (exact) mass is 509 g/mol. The molecule has 4 rings (SSSR count). The zero-order chi connectivity index (χ0) is 25.5. The van der Waals surface area contributed by atoms with Gasteiger partial charge in [-0.3, -0.25) is 0 Å². The molecule has 35 heavy (non-hydrogen) atoms. The van der Waals surface area contributed by atoms with E-state index in [4.69, 9.17) is 27.1 Å². The molecular formula is C27H28ClN3O3S. The molecule has 4 N–H and O–H groups in total. The fourth-order valence-corrected chi connectivity index (χ4v) is 5.33. The molecule has 4 aromatic rings. The lowest BCUT2D eigenvalue weighted by Crippen LogP contribution is -2.28. The molecule has 3 aromatic carbocycles. The van der Waals surface area contributed by atoms with Crippen LogP contribution >= 0.6 is 22.9 Å². The van der Waals surface area contributed by atoms with Gasteiger partial charge in [-0.25, -0.2) is 9.78 Å². The van der Waals surface area contributed by atoms with Crippen LogP contribution in [-0.2, 0) is 9.53 Å². The molecule has 0 radical (unpaired) electrons. The van der Waals surface area contributed by atoms with E-state index in [9.17, 15) is 9.90 Å². The Morgan fingerprint density at radius 2 is 1.80 bits per heavy atom. The van der Waals surface area contributed by atoms with Crippen LogP contribution in [0.5, 0.6) is 0 Å². The number of aryl methyl sites for hydroxylation is 1. The Morgan fingerprint density at radius 1 is 1.14 bits per heavy atom. The number of hydrogen-bond acceptors (Lipinski definition) is 6. The molecule has 0 spiro atoms. The number of nitrogens with zero attached hydrogens (tertiary/aromatic N) is 1. The lowest BCUT2D eigenvalue weighted by atomic mass is 9.91. The maximum Gasteiger partial charge on any atom is 0.337 e. The molecule has 0 aliphatic rings. The Bertz CT molecular complexity index is 1410. The van der Waals surface area contributed by atoms with Crippen LogP contribution in [0.1, 0.15) is 38.0 Å². The number of nitrogen functional groups attached to an aromatic ring is 1. The van der Waals surface area contributed by atoms with Crippen molar-refractivity contribution in [2.45, 2.75) is 39.4 Å². The maximum atomic E-state index is 12.4. The summed E-state index contributed by atoms with van der Waals surface area (Å²) >= 11 is 7.67. The number of hydrogen-bond donors (Lipinski definition) is 3. The molecule has 0 saturated carbocycles. The zero-order valence-electron chi connectivity index (χ0n) is 20.3. The number of nitrogens with two attached hydrogens (primary N) is 1. The number of benzene rings is 3. The maximum absolute atomic E-state index is 12.4. The van der Waals surface area contributed by atoms with Crippen LogP contribution in [0.3, 0.4) is 0 Å². The van der Waals surface area contributed by atoms with Gasteiger partial charge in [-0.1, -0.05) is 23.7 Å². The van der Waals surface area contributed by atoms with Crippen molar-refractivity contribution in [2.24, 2.45) is 0 Å². The molecule has 0 aliphatic heterocycles. The summed E-state index contributed by atoms with van der Waals surface area (Å²) in [6, 6.07) is 15.1. The van der Waals surface area contributed by atoms with Gasteiger partial charge in [-0.15, -0.1) is 11.3 Å². The van der Waals surface area contributed by atoms with E-state index in [1.165, 1.54) is 11.3 Å². The average Bonchev–Trinajstić information content (AvgIpc) is 3.20. The van der Waals surface area contributed by atoms with Gasteiger partial charge < -0.3 is 20.9 Å². The van der Waals surface area contributed by atoms with E-state index >= 15 is 0 Å². The molecule has 1 aromatic heterocycles. The van der Waals surface area contributed by atoms with Gasteiger partial charge in [0.05, 0.1) is 27.2 Å². The quantitative estimate of drug-likeness (QED) is 0.239. The van der Waals surface area contributed by atoms with Crippen LogP contribution < -0.4 is 11.1 Å². The molecule has 1 atom stereocenters. The van der Waals surface area contributed by atoms with E-state index in [0.717, 1.165) is 43.2 Å². The van der Waals surface area contributed by atoms with E-state index in [1.54, 1.807) is 12.1 Å². The van der Waals surface area contributed by atoms with Crippen molar-refractivity contribution in [3.63, 3.8) is 0 Å². The summed E-state index contributed by atoms with van der Waals surface area (Å²) in [5.74, 6) is -1.04. The fraction of sp³-hybridized carbons (Fsp3) is 0.259. The van der Waals surface area contributed by atoms with Crippen molar-refractivity contribution >= 4 is 50.5 Å². The largest absolute Gasteiger partial charge is 0.479 e. The minimum atomic E-state index is -1.15. The van der Waals surface area contributed by atoms with E-state index in [0.29, 0.717) is 16.3 Å². The minimum absolute atomic E-state index is 0.602. The van der Waals surface area contributed by atoms with E-state index in [2.05, 4.69) is 5.32 Å². The molecular weight excluding hydrogens is 482 g/mol. The van der Waals surface area contributed by atoms with Crippen LogP contribution in [0, 0.1) is 6.92 Å². The van der Waals surface area contributed by atoms with E-state index in [1.807, 2.05) is 71.1 Å². The SMILES string of the molecule is CNc1ccc(-c2nc3cc(C)c(C(OC(C)(C)C)C(=O)O)c(-c4ccc(Cl)cc4)c3s2)cc1N. The second kappa shape index (κ2) is 9.49. The summed E-state index contributed by atoms with van der Waals surface area (Å²) < 4.78 is 6.95. The smallest absolute Gasteiger partial charge is 0.337 e. The second-order valence-corrected chi connectivity index (χ2v) is 10.8. The minimum Gasteiger partial charge on any atom is -0.479 e. The summed E-state index contributed by atoms with van der Waals surface area (Å²) in [6.07, 6.45) is -1.15. The molecule has 182 valence electrons. The van der Waals surface area contributed by atoms with Gasteiger partial charge >= 0.3 is 5.97 Å². The summed E-state index contributed by atoms with van der Waals surface area (Å²) in [6.45, 7) is 7.45. The van der Waals surface area contributed by atoms with E-state index < -0.39 is 17.7 Å². The molecule has 0 bridgehead atoms. The molecule has 1 heterocycles. The number of rotatable bonds is 6. The van der Waals surface area contributed by atoms with Gasteiger partial charge in [0, 0.05) is 28.8 Å². The number of halogens is 1. The predicted octanol–water partition coefficient (Wildman–Crippen LogP) is 7.16. The first-order chi connectivity index (χ1) is 16.5.